The number of aromatic nitrogens is 1. The Kier molecular flexibility index (Phi) is 4.54. The van der Waals surface area contributed by atoms with Gasteiger partial charge in [-0.15, -0.1) is 11.3 Å². The van der Waals surface area contributed by atoms with Crippen molar-refractivity contribution in [3.8, 4) is 0 Å². The summed E-state index contributed by atoms with van der Waals surface area (Å²) < 4.78 is 0. The molecule has 110 valence electrons. The van der Waals surface area contributed by atoms with Crippen LogP contribution in [0.2, 0.25) is 5.15 Å². The highest BCUT2D eigenvalue weighted by Gasteiger charge is 2.24. The molecule has 0 aliphatic heterocycles. The zero-order chi connectivity index (χ0) is 15.6. The molecule has 0 aromatic carbocycles. The van der Waals surface area contributed by atoms with Gasteiger partial charge in [-0.3, -0.25) is 14.9 Å². The van der Waals surface area contributed by atoms with Gasteiger partial charge in [-0.2, -0.15) is 0 Å². The van der Waals surface area contributed by atoms with Crippen molar-refractivity contribution in [2.24, 2.45) is 0 Å². The lowest BCUT2D eigenvalue weighted by atomic mass is 10.2. The largest absolute Gasteiger partial charge is 0.334 e. The van der Waals surface area contributed by atoms with Gasteiger partial charge in [-0.25, -0.2) is 4.98 Å². The fourth-order valence-electron chi connectivity index (χ4n) is 1.77. The lowest BCUT2D eigenvalue weighted by molar-refractivity contribution is -0.385. The molecule has 2 heterocycles. The number of pyridine rings is 1. The minimum absolute atomic E-state index is 0.0248. The van der Waals surface area contributed by atoms with Gasteiger partial charge in [0, 0.05) is 18.0 Å². The van der Waals surface area contributed by atoms with Crippen molar-refractivity contribution in [3.05, 3.63) is 55.5 Å². The number of rotatable bonds is 4. The van der Waals surface area contributed by atoms with Crippen molar-refractivity contribution < 1.29 is 9.72 Å². The molecule has 2 rings (SSSR count). The predicted molar refractivity (Wildman–Crippen MR) is 80.7 cm³/mol. The number of carbonyl (C=O) groups excluding carboxylic acids is 1. The molecule has 0 radical (unpaired) electrons. The van der Waals surface area contributed by atoms with Crippen LogP contribution < -0.4 is 0 Å². The zero-order valence-corrected chi connectivity index (χ0v) is 12.9. The summed E-state index contributed by atoms with van der Waals surface area (Å²) in [7, 11) is 1.63. The van der Waals surface area contributed by atoms with Crippen LogP contribution in [0.1, 0.15) is 28.2 Å². The highest BCUT2D eigenvalue weighted by Crippen LogP contribution is 2.27. The number of carbonyl (C=O) groups is 1. The molecular weight excluding hydrogens is 314 g/mol. The van der Waals surface area contributed by atoms with E-state index in [1.807, 2.05) is 24.4 Å². The SMILES string of the molecule is CC(c1cccs1)N(C)C(=O)c1cc([N+](=O)[O-])cnc1Cl. The van der Waals surface area contributed by atoms with Crippen molar-refractivity contribution >= 4 is 34.5 Å². The second-order valence-electron chi connectivity index (χ2n) is 4.40. The maximum Gasteiger partial charge on any atom is 0.288 e. The summed E-state index contributed by atoms with van der Waals surface area (Å²) in [4.78, 5) is 28.8. The van der Waals surface area contributed by atoms with E-state index in [1.54, 1.807) is 7.05 Å². The third kappa shape index (κ3) is 3.20. The third-order valence-corrected chi connectivity index (χ3v) is 4.47. The molecule has 1 atom stereocenters. The van der Waals surface area contributed by atoms with Gasteiger partial charge in [0.05, 0.1) is 16.5 Å². The summed E-state index contributed by atoms with van der Waals surface area (Å²) in [6.07, 6.45) is 1.03. The summed E-state index contributed by atoms with van der Waals surface area (Å²) in [5.74, 6) is -0.405. The van der Waals surface area contributed by atoms with Crippen molar-refractivity contribution in [2.45, 2.75) is 13.0 Å². The summed E-state index contributed by atoms with van der Waals surface area (Å²) >= 11 is 7.42. The molecular formula is C13H12ClN3O3S. The first kappa shape index (κ1) is 15.4. The number of nitro groups is 1. The van der Waals surface area contributed by atoms with E-state index < -0.39 is 10.8 Å². The quantitative estimate of drug-likeness (QED) is 0.489. The Morgan fingerprint density at radius 3 is 2.86 bits per heavy atom. The topological polar surface area (TPSA) is 76.3 Å². The van der Waals surface area contributed by atoms with Gasteiger partial charge in [-0.05, 0) is 18.4 Å². The average Bonchev–Trinajstić information content (AvgIpc) is 2.99. The monoisotopic (exact) mass is 325 g/mol. The Balaban J connectivity index is 2.31. The lowest BCUT2D eigenvalue weighted by Gasteiger charge is -2.24. The van der Waals surface area contributed by atoms with Crippen LogP contribution in [0.3, 0.4) is 0 Å². The Bertz CT molecular complexity index is 675. The van der Waals surface area contributed by atoms with E-state index in [2.05, 4.69) is 4.98 Å². The van der Waals surface area contributed by atoms with E-state index in [4.69, 9.17) is 11.6 Å². The van der Waals surface area contributed by atoms with Crippen LogP contribution in [-0.4, -0.2) is 27.8 Å². The molecule has 0 fully saturated rings. The summed E-state index contributed by atoms with van der Waals surface area (Å²) in [6, 6.07) is 4.81. The number of hydrogen-bond donors (Lipinski definition) is 0. The van der Waals surface area contributed by atoms with E-state index in [0.717, 1.165) is 17.1 Å². The van der Waals surface area contributed by atoms with Crippen LogP contribution in [0.25, 0.3) is 0 Å². The maximum absolute atomic E-state index is 12.5. The first-order chi connectivity index (χ1) is 9.91. The summed E-state index contributed by atoms with van der Waals surface area (Å²) in [6.45, 7) is 1.88. The fourth-order valence-corrected chi connectivity index (χ4v) is 2.78. The molecule has 1 unspecified atom stereocenters. The molecule has 8 heteroatoms. The fraction of sp³-hybridized carbons (Fsp3) is 0.231. The Hall–Kier alpha value is -1.99. The van der Waals surface area contributed by atoms with Gasteiger partial charge < -0.3 is 4.90 Å². The molecule has 6 nitrogen and oxygen atoms in total. The highest BCUT2D eigenvalue weighted by molar-refractivity contribution is 7.10. The molecule has 0 spiro atoms. The van der Waals surface area contributed by atoms with Crippen LogP contribution in [0.5, 0.6) is 0 Å². The van der Waals surface area contributed by atoms with Gasteiger partial charge in [-0.1, -0.05) is 17.7 Å². The summed E-state index contributed by atoms with van der Waals surface area (Å²) in [5, 5.41) is 12.7. The molecule has 0 aliphatic carbocycles. The second kappa shape index (κ2) is 6.19. The van der Waals surface area contributed by atoms with Crippen LogP contribution in [0.4, 0.5) is 5.69 Å². The highest BCUT2D eigenvalue weighted by atomic mass is 35.5. The number of amides is 1. The van der Waals surface area contributed by atoms with Gasteiger partial charge in [0.1, 0.15) is 11.3 Å². The molecule has 21 heavy (non-hydrogen) atoms. The average molecular weight is 326 g/mol. The molecule has 0 N–H and O–H groups in total. The Morgan fingerprint density at radius 1 is 1.57 bits per heavy atom. The minimum Gasteiger partial charge on any atom is -0.334 e. The minimum atomic E-state index is -0.608. The van der Waals surface area contributed by atoms with Crippen molar-refractivity contribution in [2.75, 3.05) is 7.05 Å². The van der Waals surface area contributed by atoms with Crippen LogP contribution in [0, 0.1) is 10.1 Å². The standard InChI is InChI=1S/C13H12ClN3O3S/c1-8(11-4-3-5-21-11)16(2)13(18)10-6-9(17(19)20)7-15-12(10)14/h3-8H,1-2H3. The Labute approximate surface area is 130 Å². The predicted octanol–water partition coefficient (Wildman–Crippen LogP) is 3.54. The molecule has 2 aromatic rings. The molecule has 0 saturated carbocycles. The lowest BCUT2D eigenvalue weighted by Crippen LogP contribution is -2.29. The first-order valence-electron chi connectivity index (χ1n) is 6.02. The van der Waals surface area contributed by atoms with E-state index in [-0.39, 0.29) is 22.4 Å². The van der Waals surface area contributed by atoms with E-state index in [0.29, 0.717) is 0 Å². The van der Waals surface area contributed by atoms with Crippen LogP contribution in [-0.2, 0) is 0 Å². The normalized spacial score (nSPS) is 12.0. The Morgan fingerprint density at radius 2 is 2.29 bits per heavy atom. The molecule has 0 aliphatic rings. The van der Waals surface area contributed by atoms with Crippen molar-refractivity contribution in [3.63, 3.8) is 0 Å². The molecule has 0 bridgehead atoms. The number of halogens is 1. The van der Waals surface area contributed by atoms with Gasteiger partial charge in [0.15, 0.2) is 0 Å². The maximum atomic E-state index is 12.5. The zero-order valence-electron chi connectivity index (χ0n) is 11.3. The van der Waals surface area contributed by atoms with Gasteiger partial charge in [0.25, 0.3) is 11.6 Å². The van der Waals surface area contributed by atoms with E-state index >= 15 is 0 Å². The molecule has 1 amide bonds. The van der Waals surface area contributed by atoms with E-state index in [9.17, 15) is 14.9 Å². The van der Waals surface area contributed by atoms with Crippen LogP contribution in [0.15, 0.2) is 29.8 Å². The van der Waals surface area contributed by atoms with E-state index in [1.165, 1.54) is 16.2 Å². The summed E-state index contributed by atoms with van der Waals surface area (Å²) in [5.41, 5.74) is -0.239. The number of thiophene rings is 1. The number of nitrogens with zero attached hydrogens (tertiary/aromatic N) is 3. The second-order valence-corrected chi connectivity index (χ2v) is 5.73. The number of hydrogen-bond acceptors (Lipinski definition) is 5. The van der Waals surface area contributed by atoms with Crippen LogP contribution >= 0.6 is 22.9 Å². The molecule has 0 saturated heterocycles. The first-order valence-corrected chi connectivity index (χ1v) is 7.28. The smallest absolute Gasteiger partial charge is 0.288 e. The van der Waals surface area contributed by atoms with Crippen molar-refractivity contribution in [1.29, 1.82) is 0 Å². The van der Waals surface area contributed by atoms with Gasteiger partial charge in [0.2, 0.25) is 0 Å². The van der Waals surface area contributed by atoms with Gasteiger partial charge >= 0.3 is 0 Å². The van der Waals surface area contributed by atoms with Crippen molar-refractivity contribution in [1.82, 2.24) is 9.88 Å². The molecule has 2 aromatic heterocycles. The third-order valence-electron chi connectivity index (χ3n) is 3.12.